The van der Waals surface area contributed by atoms with Gasteiger partial charge in [-0.05, 0) is 50.0 Å². The average molecular weight is 368 g/mol. The van der Waals surface area contributed by atoms with Crippen molar-refractivity contribution in [3.8, 4) is 0 Å². The van der Waals surface area contributed by atoms with Crippen molar-refractivity contribution >= 4 is 41.5 Å². The summed E-state index contributed by atoms with van der Waals surface area (Å²) in [5.74, 6) is -0.0448. The van der Waals surface area contributed by atoms with Gasteiger partial charge in [-0.3, -0.25) is 4.79 Å². The van der Waals surface area contributed by atoms with Crippen LogP contribution >= 0.6 is 35.6 Å². The van der Waals surface area contributed by atoms with Gasteiger partial charge in [-0.25, -0.2) is 0 Å². The maximum absolute atomic E-state index is 12.4. The second-order valence-electron chi connectivity index (χ2n) is 5.19. The molecule has 7 heteroatoms. The normalized spacial score (nSPS) is 16.7. The highest BCUT2D eigenvalue weighted by atomic mass is 35.5. The van der Waals surface area contributed by atoms with Gasteiger partial charge in [0.1, 0.15) is 5.60 Å². The van der Waals surface area contributed by atoms with Crippen LogP contribution in [0.5, 0.6) is 0 Å². The molecule has 0 bridgehead atoms. The van der Waals surface area contributed by atoms with E-state index in [1.165, 1.54) is 0 Å². The number of amides is 1. The molecule has 22 heavy (non-hydrogen) atoms. The third-order valence-electron chi connectivity index (χ3n) is 3.91. The molecule has 0 aliphatic carbocycles. The van der Waals surface area contributed by atoms with E-state index in [1.54, 1.807) is 19.2 Å². The van der Waals surface area contributed by atoms with Crippen LogP contribution < -0.4 is 10.6 Å². The lowest BCUT2D eigenvalue weighted by Gasteiger charge is -2.34. The molecule has 0 radical (unpaired) electrons. The lowest BCUT2D eigenvalue weighted by Crippen LogP contribution is -2.54. The second kappa shape index (κ2) is 8.94. The van der Waals surface area contributed by atoms with E-state index in [0.717, 1.165) is 18.7 Å². The molecule has 0 aromatic heterocycles. The topological polar surface area (TPSA) is 50.4 Å². The van der Waals surface area contributed by atoms with E-state index in [0.29, 0.717) is 35.9 Å². The van der Waals surface area contributed by atoms with Gasteiger partial charge in [0.05, 0.1) is 0 Å². The van der Waals surface area contributed by atoms with Crippen molar-refractivity contribution in [3.05, 3.63) is 33.8 Å². The fraction of sp³-hybridized carbons (Fsp3) is 0.533. The zero-order chi connectivity index (χ0) is 15.3. The highest BCUT2D eigenvalue weighted by molar-refractivity contribution is 6.35. The summed E-state index contributed by atoms with van der Waals surface area (Å²) in [6.07, 6.45) is 2.05. The van der Waals surface area contributed by atoms with Gasteiger partial charge in [0.25, 0.3) is 5.91 Å². The molecule has 2 N–H and O–H groups in total. The Morgan fingerprint density at radius 3 is 2.64 bits per heavy atom. The van der Waals surface area contributed by atoms with Crippen LogP contribution in [0.3, 0.4) is 0 Å². The molecule has 0 saturated carbocycles. The SMILES string of the molecule is COC1(C(=O)NCCc2ccc(Cl)cc2Cl)CCNCC1.Cl. The monoisotopic (exact) mass is 366 g/mol. The summed E-state index contributed by atoms with van der Waals surface area (Å²) in [6.45, 7) is 2.12. The Hall–Kier alpha value is -0.520. The van der Waals surface area contributed by atoms with Gasteiger partial charge < -0.3 is 15.4 Å². The minimum atomic E-state index is -0.699. The van der Waals surface area contributed by atoms with Gasteiger partial charge in [0.2, 0.25) is 0 Å². The number of benzene rings is 1. The molecule has 1 heterocycles. The molecule has 0 unspecified atom stereocenters. The van der Waals surface area contributed by atoms with Crippen molar-refractivity contribution < 1.29 is 9.53 Å². The van der Waals surface area contributed by atoms with Gasteiger partial charge in [-0.15, -0.1) is 12.4 Å². The summed E-state index contributed by atoms with van der Waals surface area (Å²) in [6, 6.07) is 5.39. The zero-order valence-corrected chi connectivity index (χ0v) is 14.8. The summed E-state index contributed by atoms with van der Waals surface area (Å²) in [5, 5.41) is 7.42. The van der Waals surface area contributed by atoms with Gasteiger partial charge in [-0.2, -0.15) is 0 Å². The Morgan fingerprint density at radius 1 is 1.36 bits per heavy atom. The van der Waals surface area contributed by atoms with Crippen LogP contribution in [0.25, 0.3) is 0 Å². The second-order valence-corrected chi connectivity index (χ2v) is 6.03. The first-order valence-corrected chi connectivity index (χ1v) is 7.81. The van der Waals surface area contributed by atoms with E-state index in [2.05, 4.69) is 10.6 Å². The fourth-order valence-corrected chi connectivity index (χ4v) is 3.05. The number of carbonyl (C=O) groups excluding carboxylic acids is 1. The highest BCUT2D eigenvalue weighted by Crippen LogP contribution is 2.23. The van der Waals surface area contributed by atoms with Crippen LogP contribution in [0, 0.1) is 0 Å². The van der Waals surface area contributed by atoms with Gasteiger partial charge in [0.15, 0.2) is 0 Å². The van der Waals surface area contributed by atoms with E-state index in [1.807, 2.05) is 6.07 Å². The smallest absolute Gasteiger partial charge is 0.252 e. The van der Waals surface area contributed by atoms with Gasteiger partial charge >= 0.3 is 0 Å². The Balaban J connectivity index is 0.00000242. The third-order valence-corrected chi connectivity index (χ3v) is 4.50. The lowest BCUT2D eigenvalue weighted by atomic mass is 9.91. The number of carbonyl (C=O) groups is 1. The molecule has 1 aliphatic rings. The number of hydrogen-bond acceptors (Lipinski definition) is 3. The predicted molar refractivity (Wildman–Crippen MR) is 92.3 cm³/mol. The summed E-state index contributed by atoms with van der Waals surface area (Å²) in [7, 11) is 1.60. The molecule has 1 amide bonds. The predicted octanol–water partition coefficient (Wildman–Crippen LogP) is 2.84. The first-order chi connectivity index (χ1) is 10.1. The maximum atomic E-state index is 12.4. The molecule has 1 aliphatic heterocycles. The summed E-state index contributed by atoms with van der Waals surface area (Å²) in [5.41, 5.74) is 0.271. The quantitative estimate of drug-likeness (QED) is 0.841. The molecular formula is C15H21Cl3N2O2. The summed E-state index contributed by atoms with van der Waals surface area (Å²) >= 11 is 12.0. The van der Waals surface area contributed by atoms with Gasteiger partial charge in [0, 0.05) is 23.7 Å². The fourth-order valence-electron chi connectivity index (χ4n) is 2.55. The molecule has 2 rings (SSSR count). The Kier molecular flexibility index (Phi) is 7.94. The van der Waals surface area contributed by atoms with E-state index >= 15 is 0 Å². The molecule has 1 aromatic carbocycles. The highest BCUT2D eigenvalue weighted by Gasteiger charge is 2.39. The Labute approximate surface area is 147 Å². The van der Waals surface area contributed by atoms with Crippen LogP contribution in [0.4, 0.5) is 0 Å². The first kappa shape index (κ1) is 19.5. The van der Waals surface area contributed by atoms with Crippen LogP contribution in [-0.4, -0.2) is 38.3 Å². The number of halogens is 3. The molecular weight excluding hydrogens is 347 g/mol. The minimum Gasteiger partial charge on any atom is -0.368 e. The summed E-state index contributed by atoms with van der Waals surface area (Å²) in [4.78, 5) is 12.4. The van der Waals surface area contributed by atoms with Crippen molar-refractivity contribution in [2.45, 2.75) is 24.9 Å². The van der Waals surface area contributed by atoms with Crippen molar-refractivity contribution in [2.75, 3.05) is 26.7 Å². The molecule has 4 nitrogen and oxygen atoms in total. The van der Waals surface area contributed by atoms with E-state index < -0.39 is 5.60 Å². The number of hydrogen-bond donors (Lipinski definition) is 2. The molecule has 1 saturated heterocycles. The summed E-state index contributed by atoms with van der Waals surface area (Å²) < 4.78 is 5.49. The van der Waals surface area contributed by atoms with E-state index in [-0.39, 0.29) is 18.3 Å². The van der Waals surface area contributed by atoms with Gasteiger partial charge in [-0.1, -0.05) is 29.3 Å². The van der Waals surface area contributed by atoms with Crippen molar-refractivity contribution in [1.82, 2.24) is 10.6 Å². The van der Waals surface area contributed by atoms with Crippen molar-refractivity contribution in [2.24, 2.45) is 0 Å². The minimum absolute atomic E-state index is 0. The zero-order valence-electron chi connectivity index (χ0n) is 12.5. The molecule has 0 atom stereocenters. The van der Waals surface area contributed by atoms with Crippen molar-refractivity contribution in [1.29, 1.82) is 0 Å². The lowest BCUT2D eigenvalue weighted by molar-refractivity contribution is -0.146. The van der Waals surface area contributed by atoms with Crippen LogP contribution in [0.1, 0.15) is 18.4 Å². The van der Waals surface area contributed by atoms with E-state index in [9.17, 15) is 4.79 Å². The van der Waals surface area contributed by atoms with Crippen LogP contribution in [0.2, 0.25) is 10.0 Å². The number of nitrogens with one attached hydrogen (secondary N) is 2. The van der Waals surface area contributed by atoms with E-state index in [4.69, 9.17) is 27.9 Å². The number of rotatable bonds is 5. The first-order valence-electron chi connectivity index (χ1n) is 7.05. The molecule has 1 fully saturated rings. The number of ether oxygens (including phenoxy) is 1. The van der Waals surface area contributed by atoms with Crippen molar-refractivity contribution in [3.63, 3.8) is 0 Å². The third kappa shape index (κ3) is 4.74. The molecule has 1 aromatic rings. The number of piperidine rings is 1. The largest absolute Gasteiger partial charge is 0.368 e. The molecule has 0 spiro atoms. The maximum Gasteiger partial charge on any atom is 0.252 e. The standard InChI is InChI=1S/C15H20Cl2N2O2.ClH/c1-21-15(5-8-18-9-6-15)14(20)19-7-4-11-2-3-12(16)10-13(11)17;/h2-3,10,18H,4-9H2,1H3,(H,19,20);1H. The molecule has 124 valence electrons. The van der Waals surface area contributed by atoms with Crippen LogP contribution in [-0.2, 0) is 16.0 Å². The van der Waals surface area contributed by atoms with Crippen LogP contribution in [0.15, 0.2) is 18.2 Å². The number of methoxy groups -OCH3 is 1. The Morgan fingerprint density at radius 2 is 2.05 bits per heavy atom. The Bertz CT molecular complexity index is 506. The average Bonchev–Trinajstić information content (AvgIpc) is 2.50.